The molecule has 3 atom stereocenters. The van der Waals surface area contributed by atoms with Gasteiger partial charge in [0, 0.05) is 11.1 Å². The van der Waals surface area contributed by atoms with Crippen molar-refractivity contribution in [2.24, 2.45) is 0 Å². The second kappa shape index (κ2) is 10.3. The molecule has 2 aromatic carbocycles. The SMILES string of the molecule is C#CC(C(=O)O)([P+](=O)OC)C(C)(O)c1c(-c2ccc(F)cc2)cc(-c2ccccc2C)nc1C(C)C. The molecule has 0 saturated heterocycles. The van der Waals surface area contributed by atoms with Gasteiger partial charge in [-0.1, -0.05) is 50.2 Å². The molecule has 3 rings (SSSR count). The molecule has 2 N–H and O–H groups in total. The minimum Gasteiger partial charge on any atom is -0.477 e. The lowest BCUT2D eigenvalue weighted by molar-refractivity contribution is -0.145. The third-order valence-corrected chi connectivity index (χ3v) is 7.96. The monoisotopic (exact) mass is 508 g/mol. The van der Waals surface area contributed by atoms with Crippen LogP contribution in [-0.4, -0.2) is 33.4 Å². The Morgan fingerprint density at radius 3 is 2.28 bits per heavy atom. The smallest absolute Gasteiger partial charge is 0.477 e. The van der Waals surface area contributed by atoms with Gasteiger partial charge in [0.15, 0.2) is 5.60 Å². The van der Waals surface area contributed by atoms with Crippen LogP contribution in [0.15, 0.2) is 54.6 Å². The van der Waals surface area contributed by atoms with Crippen molar-refractivity contribution in [1.29, 1.82) is 0 Å². The molecule has 3 aromatic rings. The summed E-state index contributed by atoms with van der Waals surface area (Å²) >= 11 is 0. The first-order chi connectivity index (χ1) is 16.9. The van der Waals surface area contributed by atoms with Gasteiger partial charge in [-0.15, -0.1) is 10.9 Å². The molecule has 3 unspecified atom stereocenters. The predicted molar refractivity (Wildman–Crippen MR) is 137 cm³/mol. The van der Waals surface area contributed by atoms with Crippen LogP contribution in [0.5, 0.6) is 0 Å². The first-order valence-corrected chi connectivity index (χ1v) is 12.4. The van der Waals surface area contributed by atoms with E-state index in [0.29, 0.717) is 22.5 Å². The highest BCUT2D eigenvalue weighted by Gasteiger charge is 2.71. The standard InChI is InChI=1S/C28H27FNO5P/c1-7-28(26(31)32,36(34)35-6)27(5,33)24-22(19-12-14-20(29)15-13-19)16-23(30-25(24)17(2)3)21-11-9-8-10-18(21)4/h1,8-17,33H,2-6H3/p+1. The molecule has 0 amide bonds. The number of terminal acetylenes is 1. The minimum absolute atomic E-state index is 0.0854. The van der Waals surface area contributed by atoms with Gasteiger partial charge in [0.05, 0.1) is 18.5 Å². The van der Waals surface area contributed by atoms with E-state index < -0.39 is 30.6 Å². The van der Waals surface area contributed by atoms with Gasteiger partial charge in [-0.3, -0.25) is 4.98 Å². The number of carboxylic acid groups (broad SMARTS) is 1. The number of aryl methyl sites for hydroxylation is 1. The van der Waals surface area contributed by atoms with Gasteiger partial charge in [0.1, 0.15) is 5.82 Å². The van der Waals surface area contributed by atoms with Gasteiger partial charge in [0.2, 0.25) is 0 Å². The van der Waals surface area contributed by atoms with Crippen LogP contribution in [0.3, 0.4) is 0 Å². The fourth-order valence-corrected chi connectivity index (χ4v) is 5.39. The number of carboxylic acids is 1. The summed E-state index contributed by atoms with van der Waals surface area (Å²) in [6.07, 6.45) is 5.66. The Hall–Kier alpha value is -3.43. The van der Waals surface area contributed by atoms with Crippen molar-refractivity contribution in [2.75, 3.05) is 7.11 Å². The van der Waals surface area contributed by atoms with Gasteiger partial charge in [-0.2, -0.15) is 0 Å². The molecule has 1 aromatic heterocycles. The molecule has 8 heteroatoms. The number of halogens is 1. The van der Waals surface area contributed by atoms with Gasteiger partial charge in [-0.05, 0) is 65.1 Å². The Morgan fingerprint density at radius 2 is 1.78 bits per heavy atom. The number of nitrogens with zero attached hydrogens (tertiary/aromatic N) is 1. The summed E-state index contributed by atoms with van der Waals surface area (Å²) in [5, 5.41) is 19.6. The van der Waals surface area contributed by atoms with E-state index in [1.165, 1.54) is 31.2 Å². The molecule has 0 aliphatic heterocycles. The van der Waals surface area contributed by atoms with Crippen LogP contribution in [0.25, 0.3) is 22.4 Å². The Balaban J connectivity index is 2.53. The normalized spacial score (nSPS) is 15.0. The number of aliphatic hydroxyl groups is 1. The Kier molecular flexibility index (Phi) is 7.76. The molecule has 0 aliphatic carbocycles. The molecule has 6 nitrogen and oxygen atoms in total. The number of pyridine rings is 1. The molecule has 0 radical (unpaired) electrons. The number of benzene rings is 2. The Bertz CT molecular complexity index is 1360. The van der Waals surface area contributed by atoms with E-state index in [1.807, 2.05) is 45.0 Å². The second-order valence-electron chi connectivity index (χ2n) is 8.96. The summed E-state index contributed by atoms with van der Waals surface area (Å²) in [4.78, 5) is 17.4. The van der Waals surface area contributed by atoms with Crippen molar-refractivity contribution >= 4 is 14.0 Å². The maximum Gasteiger partial charge on any atom is 0.543 e. The highest BCUT2D eigenvalue weighted by molar-refractivity contribution is 7.43. The fourth-order valence-electron chi connectivity index (χ4n) is 4.39. The lowest BCUT2D eigenvalue weighted by Crippen LogP contribution is -2.53. The molecule has 0 saturated carbocycles. The van der Waals surface area contributed by atoms with Gasteiger partial charge >= 0.3 is 19.2 Å². The number of carbonyl (C=O) groups is 1. The zero-order valence-corrected chi connectivity index (χ0v) is 21.6. The third-order valence-electron chi connectivity index (χ3n) is 6.32. The van der Waals surface area contributed by atoms with Crippen molar-refractivity contribution in [3.05, 3.63) is 77.2 Å². The van der Waals surface area contributed by atoms with Crippen molar-refractivity contribution in [1.82, 2.24) is 4.98 Å². The van der Waals surface area contributed by atoms with Gasteiger partial charge in [-0.25, -0.2) is 9.18 Å². The summed E-state index contributed by atoms with van der Waals surface area (Å²) in [6, 6.07) is 14.9. The number of hydrogen-bond donors (Lipinski definition) is 2. The molecule has 36 heavy (non-hydrogen) atoms. The lowest BCUT2D eigenvalue weighted by Gasteiger charge is -2.34. The van der Waals surface area contributed by atoms with Crippen LogP contribution in [0.4, 0.5) is 4.39 Å². The van der Waals surface area contributed by atoms with Crippen LogP contribution in [-0.2, 0) is 19.5 Å². The van der Waals surface area contributed by atoms with E-state index in [1.54, 1.807) is 6.07 Å². The van der Waals surface area contributed by atoms with Crippen LogP contribution >= 0.6 is 8.03 Å². The van der Waals surface area contributed by atoms with E-state index in [9.17, 15) is 24.0 Å². The molecular weight excluding hydrogens is 480 g/mol. The van der Waals surface area contributed by atoms with Crippen LogP contribution in [0.1, 0.15) is 43.5 Å². The summed E-state index contributed by atoms with van der Waals surface area (Å²) in [6.45, 7) is 6.82. The number of aromatic nitrogens is 1. The van der Waals surface area contributed by atoms with E-state index >= 15 is 0 Å². The maximum absolute atomic E-state index is 13.8. The second-order valence-corrected chi connectivity index (χ2v) is 10.5. The summed E-state index contributed by atoms with van der Waals surface area (Å²) < 4.78 is 31.7. The van der Waals surface area contributed by atoms with E-state index in [2.05, 4.69) is 5.92 Å². The first kappa shape index (κ1) is 27.2. The van der Waals surface area contributed by atoms with Crippen LogP contribution < -0.4 is 0 Å². The summed E-state index contributed by atoms with van der Waals surface area (Å²) in [5.74, 6) is -0.381. The zero-order chi connectivity index (χ0) is 26.8. The van der Waals surface area contributed by atoms with Crippen LogP contribution in [0.2, 0.25) is 0 Å². The minimum atomic E-state index is -3.08. The molecule has 0 aliphatic rings. The van der Waals surface area contributed by atoms with E-state index in [0.717, 1.165) is 18.2 Å². The van der Waals surface area contributed by atoms with Crippen LogP contribution in [0, 0.1) is 25.1 Å². The Morgan fingerprint density at radius 1 is 1.17 bits per heavy atom. The molecule has 0 spiro atoms. The van der Waals surface area contributed by atoms with Crippen molar-refractivity contribution in [2.45, 2.75) is 44.4 Å². The van der Waals surface area contributed by atoms with Gasteiger partial charge in [0.25, 0.3) is 0 Å². The quantitative estimate of drug-likeness (QED) is 0.285. The van der Waals surface area contributed by atoms with Crippen molar-refractivity contribution < 1.29 is 28.5 Å². The lowest BCUT2D eigenvalue weighted by atomic mass is 9.76. The van der Waals surface area contributed by atoms with Gasteiger partial charge < -0.3 is 10.2 Å². The molecule has 0 fully saturated rings. The summed E-state index contributed by atoms with van der Waals surface area (Å²) in [5.41, 5.74) is 1.29. The molecule has 0 bridgehead atoms. The maximum atomic E-state index is 13.8. The third kappa shape index (κ3) is 4.44. The summed E-state index contributed by atoms with van der Waals surface area (Å²) in [7, 11) is -2.01. The average molecular weight is 509 g/mol. The van der Waals surface area contributed by atoms with E-state index in [4.69, 9.17) is 15.9 Å². The zero-order valence-electron chi connectivity index (χ0n) is 20.7. The Labute approximate surface area is 211 Å². The highest BCUT2D eigenvalue weighted by atomic mass is 31.1. The fraction of sp³-hybridized carbons (Fsp3) is 0.286. The average Bonchev–Trinajstić information content (AvgIpc) is 2.84. The van der Waals surface area contributed by atoms with E-state index in [-0.39, 0.29) is 11.5 Å². The first-order valence-electron chi connectivity index (χ1n) is 11.2. The van der Waals surface area contributed by atoms with Crippen molar-refractivity contribution in [3.8, 4) is 34.7 Å². The molecular formula is C28H28FNO5P+. The molecule has 1 heterocycles. The topological polar surface area (TPSA) is 96.7 Å². The number of rotatable bonds is 8. The highest BCUT2D eigenvalue weighted by Crippen LogP contribution is 2.54. The number of aliphatic carboxylic acids is 1. The largest absolute Gasteiger partial charge is 0.543 e. The number of hydrogen-bond acceptors (Lipinski definition) is 5. The predicted octanol–water partition coefficient (Wildman–Crippen LogP) is 6.04. The molecule has 186 valence electrons. The van der Waals surface area contributed by atoms with Crippen molar-refractivity contribution in [3.63, 3.8) is 0 Å².